The molecule has 2 heterocycles. The van der Waals surface area contributed by atoms with Crippen LogP contribution in [-0.2, 0) is 17.6 Å². The number of esters is 1. The third-order valence-electron chi connectivity index (χ3n) is 5.38. The lowest BCUT2D eigenvalue weighted by molar-refractivity contribution is 0.0600. The predicted octanol–water partition coefficient (Wildman–Crippen LogP) is 5.09. The van der Waals surface area contributed by atoms with Gasteiger partial charge in [0.25, 0.3) is 0 Å². The van der Waals surface area contributed by atoms with Gasteiger partial charge in [-0.05, 0) is 74.6 Å². The van der Waals surface area contributed by atoms with E-state index in [0.717, 1.165) is 12.8 Å². The Morgan fingerprint density at radius 1 is 1.10 bits per heavy atom. The average molecular weight is 424 g/mol. The molecule has 2 aromatic heterocycles. The number of amides is 2. The van der Waals surface area contributed by atoms with Gasteiger partial charge in [-0.1, -0.05) is 0 Å². The molecule has 2 amide bonds. The van der Waals surface area contributed by atoms with Crippen LogP contribution in [0.5, 0.6) is 0 Å². The van der Waals surface area contributed by atoms with Gasteiger partial charge in [-0.2, -0.15) is 0 Å². The van der Waals surface area contributed by atoms with Gasteiger partial charge in [-0.3, -0.25) is 0 Å². The van der Waals surface area contributed by atoms with E-state index in [1.807, 2.05) is 30.4 Å². The van der Waals surface area contributed by atoms with Gasteiger partial charge >= 0.3 is 12.0 Å². The third-order valence-corrected chi connectivity index (χ3v) is 6.70. The number of nitrogens with zero attached hydrogens (tertiary/aromatic N) is 1. The molecule has 1 aromatic carbocycles. The Morgan fingerprint density at radius 2 is 1.80 bits per heavy atom. The molecule has 1 aliphatic carbocycles. The highest BCUT2D eigenvalue weighted by Crippen LogP contribution is 2.40. The molecule has 3 aromatic rings. The van der Waals surface area contributed by atoms with E-state index >= 15 is 0 Å². The molecule has 1 atom stereocenters. The highest BCUT2D eigenvalue weighted by molar-refractivity contribution is 7.15. The Balaban J connectivity index is 1.51. The number of anilines is 1. The molecule has 0 spiro atoms. The summed E-state index contributed by atoms with van der Waals surface area (Å²) in [5, 5.41) is 7.11. The molecular weight excluding hydrogens is 398 g/mol. The molecule has 0 saturated carbocycles. The smallest absolute Gasteiger partial charge is 0.337 e. The van der Waals surface area contributed by atoms with Crippen LogP contribution < -0.4 is 10.6 Å². The van der Waals surface area contributed by atoms with Crippen molar-refractivity contribution in [3.63, 3.8) is 0 Å². The van der Waals surface area contributed by atoms with Crippen LogP contribution in [0.4, 0.5) is 10.5 Å². The monoisotopic (exact) mass is 423 g/mol. The van der Waals surface area contributed by atoms with E-state index < -0.39 is 5.97 Å². The van der Waals surface area contributed by atoms with Gasteiger partial charge in [0.1, 0.15) is 5.00 Å². The summed E-state index contributed by atoms with van der Waals surface area (Å²) in [4.78, 5) is 25.6. The minimum Gasteiger partial charge on any atom is -0.465 e. The summed E-state index contributed by atoms with van der Waals surface area (Å²) >= 11 is 1.83. The lowest BCUT2D eigenvalue weighted by Gasteiger charge is -2.20. The second-order valence-electron chi connectivity index (χ2n) is 7.41. The molecule has 4 rings (SSSR count). The molecule has 6 nitrogen and oxygen atoms in total. The molecule has 156 valence electrons. The molecule has 1 aliphatic rings. The van der Waals surface area contributed by atoms with E-state index in [4.69, 9.17) is 4.74 Å². The standard InChI is InChI=1S/C23H25N3O3S/c1-15(24-23(28)25-17-11-9-16(10-12-17)22(27)29-2)20-18-7-3-4-8-19(18)30-21(20)26-13-5-6-14-26/h5-6,9-15H,3-4,7-8H2,1-2H3,(H2,24,25,28)/t15-/m0/s1. The fraction of sp³-hybridized carbons (Fsp3) is 0.304. The van der Waals surface area contributed by atoms with E-state index in [0.29, 0.717) is 11.3 Å². The van der Waals surface area contributed by atoms with Crippen LogP contribution in [0.1, 0.15) is 52.2 Å². The summed E-state index contributed by atoms with van der Waals surface area (Å²) in [7, 11) is 1.34. The second kappa shape index (κ2) is 8.75. The highest BCUT2D eigenvalue weighted by atomic mass is 32.1. The summed E-state index contributed by atoms with van der Waals surface area (Å²) in [6.07, 6.45) is 8.69. The lowest BCUT2D eigenvalue weighted by atomic mass is 9.93. The average Bonchev–Trinajstić information content (AvgIpc) is 3.41. The Kier molecular flexibility index (Phi) is 5.90. The van der Waals surface area contributed by atoms with E-state index in [9.17, 15) is 9.59 Å². The summed E-state index contributed by atoms with van der Waals surface area (Å²) in [5.74, 6) is -0.403. The molecule has 2 N–H and O–H groups in total. The number of thiophene rings is 1. The number of fused-ring (bicyclic) bond motifs is 1. The fourth-order valence-corrected chi connectivity index (χ4v) is 5.38. The molecule has 30 heavy (non-hydrogen) atoms. The Morgan fingerprint density at radius 3 is 2.50 bits per heavy atom. The molecular formula is C23H25N3O3S. The van der Waals surface area contributed by atoms with E-state index in [2.05, 4.69) is 27.6 Å². The van der Waals surface area contributed by atoms with Crippen molar-refractivity contribution in [1.29, 1.82) is 0 Å². The third kappa shape index (κ3) is 4.11. The zero-order valence-electron chi connectivity index (χ0n) is 17.1. The van der Waals surface area contributed by atoms with Crippen LogP contribution in [0.3, 0.4) is 0 Å². The zero-order valence-corrected chi connectivity index (χ0v) is 17.9. The first-order valence-corrected chi connectivity index (χ1v) is 10.9. The maximum absolute atomic E-state index is 12.6. The number of carbonyl (C=O) groups is 2. The van der Waals surface area contributed by atoms with Crippen molar-refractivity contribution in [1.82, 2.24) is 9.88 Å². The van der Waals surface area contributed by atoms with Crippen LogP contribution >= 0.6 is 11.3 Å². The van der Waals surface area contributed by atoms with Crippen molar-refractivity contribution >= 4 is 29.0 Å². The fourth-order valence-electron chi connectivity index (χ4n) is 3.93. The van der Waals surface area contributed by atoms with Crippen molar-refractivity contribution in [2.75, 3.05) is 12.4 Å². The number of rotatable bonds is 5. The van der Waals surface area contributed by atoms with Crippen molar-refractivity contribution in [3.05, 3.63) is 70.4 Å². The first kappa shape index (κ1) is 20.2. The van der Waals surface area contributed by atoms with E-state index in [1.54, 1.807) is 24.3 Å². The second-order valence-corrected chi connectivity index (χ2v) is 8.49. The number of hydrogen-bond acceptors (Lipinski definition) is 4. The van der Waals surface area contributed by atoms with Crippen molar-refractivity contribution in [2.24, 2.45) is 0 Å². The molecule has 0 aliphatic heterocycles. The van der Waals surface area contributed by atoms with Gasteiger partial charge in [0.05, 0.1) is 18.7 Å². The van der Waals surface area contributed by atoms with Crippen LogP contribution in [0.25, 0.3) is 5.00 Å². The number of ether oxygens (including phenoxy) is 1. The predicted molar refractivity (Wildman–Crippen MR) is 119 cm³/mol. The van der Waals surface area contributed by atoms with Gasteiger partial charge in [0.2, 0.25) is 0 Å². The first-order valence-electron chi connectivity index (χ1n) is 10.1. The number of methoxy groups -OCH3 is 1. The largest absolute Gasteiger partial charge is 0.465 e. The van der Waals surface area contributed by atoms with Gasteiger partial charge < -0.3 is 19.9 Å². The summed E-state index contributed by atoms with van der Waals surface area (Å²) < 4.78 is 6.84. The maximum atomic E-state index is 12.6. The molecule has 0 unspecified atom stereocenters. The van der Waals surface area contributed by atoms with Crippen molar-refractivity contribution in [2.45, 2.75) is 38.6 Å². The quantitative estimate of drug-likeness (QED) is 0.562. The Labute approximate surface area is 179 Å². The summed E-state index contributed by atoms with van der Waals surface area (Å²) in [6.45, 7) is 2.03. The first-order chi connectivity index (χ1) is 14.6. The molecule has 0 fully saturated rings. The highest BCUT2D eigenvalue weighted by Gasteiger charge is 2.26. The van der Waals surface area contributed by atoms with Crippen LogP contribution in [-0.4, -0.2) is 23.7 Å². The van der Waals surface area contributed by atoms with Crippen molar-refractivity contribution in [3.8, 4) is 5.00 Å². The summed E-state index contributed by atoms with van der Waals surface area (Å²) in [5.41, 5.74) is 3.66. The number of urea groups is 1. The summed E-state index contributed by atoms with van der Waals surface area (Å²) in [6, 6.07) is 10.3. The Hall–Kier alpha value is -3.06. The number of nitrogens with one attached hydrogen (secondary N) is 2. The van der Waals surface area contributed by atoms with Crippen LogP contribution in [0.2, 0.25) is 0 Å². The minimum absolute atomic E-state index is 0.130. The number of hydrogen-bond donors (Lipinski definition) is 2. The number of benzene rings is 1. The lowest BCUT2D eigenvalue weighted by Crippen LogP contribution is -2.32. The van der Waals surface area contributed by atoms with E-state index in [1.165, 1.54) is 41.0 Å². The van der Waals surface area contributed by atoms with Crippen LogP contribution in [0, 0.1) is 0 Å². The SMILES string of the molecule is COC(=O)c1ccc(NC(=O)N[C@@H](C)c2c(-n3cccc3)sc3c2CCCC3)cc1. The molecule has 0 radical (unpaired) electrons. The van der Waals surface area contributed by atoms with E-state index in [-0.39, 0.29) is 12.1 Å². The Bertz CT molecular complexity index is 1040. The van der Waals surface area contributed by atoms with Gasteiger partial charge in [0.15, 0.2) is 0 Å². The maximum Gasteiger partial charge on any atom is 0.337 e. The normalized spacial score (nSPS) is 13.9. The number of aromatic nitrogens is 1. The van der Waals surface area contributed by atoms with Gasteiger partial charge in [-0.25, -0.2) is 9.59 Å². The van der Waals surface area contributed by atoms with Gasteiger partial charge in [0, 0.05) is 28.5 Å². The molecule has 7 heteroatoms. The van der Waals surface area contributed by atoms with Gasteiger partial charge in [-0.15, -0.1) is 11.3 Å². The number of aryl methyl sites for hydroxylation is 1. The molecule has 0 bridgehead atoms. The minimum atomic E-state index is -0.403. The topological polar surface area (TPSA) is 72.4 Å². The molecule has 0 saturated heterocycles. The number of carbonyl (C=O) groups excluding carboxylic acids is 2. The zero-order chi connectivity index (χ0) is 21.1. The van der Waals surface area contributed by atoms with Crippen LogP contribution in [0.15, 0.2) is 48.8 Å². The van der Waals surface area contributed by atoms with Crippen molar-refractivity contribution < 1.29 is 14.3 Å².